The van der Waals surface area contributed by atoms with Gasteiger partial charge in [-0.05, 0) is 77.0 Å². The normalized spacial score (nSPS) is 14.4. The van der Waals surface area contributed by atoms with Crippen LogP contribution in [0.2, 0.25) is 0 Å². The van der Waals surface area contributed by atoms with E-state index in [2.05, 4.69) is 99.0 Å². The highest BCUT2D eigenvalue weighted by Crippen LogP contribution is 2.16. The molecule has 0 rings (SSSR count). The van der Waals surface area contributed by atoms with Crippen LogP contribution in [-0.4, -0.2) is 46.9 Å². The van der Waals surface area contributed by atoms with Gasteiger partial charge in [0.15, 0.2) is 0 Å². The lowest BCUT2D eigenvalue weighted by Crippen LogP contribution is -2.46. The molecule has 6 heteroatoms. The van der Waals surface area contributed by atoms with Gasteiger partial charge in [-0.2, -0.15) is 0 Å². The third-order valence-electron chi connectivity index (χ3n) is 9.91. The van der Waals surface area contributed by atoms with Crippen LogP contribution >= 0.6 is 0 Å². The van der Waals surface area contributed by atoms with E-state index in [0.29, 0.717) is 19.3 Å². The Morgan fingerprint density at radius 3 is 1.52 bits per heavy atom. The van der Waals surface area contributed by atoms with Crippen LogP contribution in [0.1, 0.15) is 181 Å². The lowest BCUT2D eigenvalue weighted by atomic mass is 10.0. The molecule has 0 aliphatic heterocycles. The minimum Gasteiger partial charge on any atom is -0.462 e. The third-order valence-corrected chi connectivity index (χ3v) is 9.91. The van der Waals surface area contributed by atoms with Crippen LogP contribution in [0.25, 0.3) is 0 Å². The van der Waals surface area contributed by atoms with Crippen molar-refractivity contribution in [1.82, 2.24) is 5.32 Å². The Morgan fingerprint density at radius 1 is 0.517 bits per heavy atom. The predicted octanol–water partition coefficient (Wildman–Crippen LogP) is 14.1. The van der Waals surface area contributed by atoms with Gasteiger partial charge in [0.05, 0.1) is 25.2 Å². The molecule has 338 valence electrons. The summed E-state index contributed by atoms with van der Waals surface area (Å²) < 4.78 is 5.84. The van der Waals surface area contributed by atoms with E-state index in [1.807, 2.05) is 48.6 Å². The molecule has 1 amide bonds. The average Bonchev–Trinajstić information content (AvgIpc) is 3.24. The van der Waals surface area contributed by atoms with Crippen LogP contribution in [-0.2, 0) is 14.3 Å². The number of hydrogen-bond acceptors (Lipinski definition) is 5. The molecular weight excluding hydrogens is 743 g/mol. The lowest BCUT2D eigenvalue weighted by Gasteiger charge is -2.24. The first kappa shape index (κ1) is 56.3. The summed E-state index contributed by atoms with van der Waals surface area (Å²) in [6.07, 6.45) is 64.1. The number of allylic oxidation sites excluding steroid dienone is 20. The highest BCUT2D eigenvalue weighted by atomic mass is 16.5. The average molecular weight is 830 g/mol. The fourth-order valence-electron chi connectivity index (χ4n) is 6.37. The van der Waals surface area contributed by atoms with Crippen molar-refractivity contribution in [2.75, 3.05) is 6.61 Å². The van der Waals surface area contributed by atoms with E-state index in [0.717, 1.165) is 77.0 Å². The van der Waals surface area contributed by atoms with Crippen LogP contribution in [0, 0.1) is 0 Å². The standard InChI is InChI=1S/C54H87NO5/c1-4-7-10-13-16-19-22-24-25-26-27-29-32-35-38-41-44-47-54(59)60-50(45-42-39-36-33-31-28-23-20-17-14-11-8-5-2)48-53(58)55-51(49-56)52(57)46-43-40-37-34-30-21-18-15-12-9-6-3/h7-8,10-11,14,16-17,19-20,23-25,27-29,31,33,35-36,38,50-52,56-57H,4-6,9,12-13,15,18,21-22,26,30,32,34,37,39-49H2,1-3H3,(H,55,58)/b10-7-,11-8+,17-14+,19-16-,23-20-,25-24-,29-27-,31-28-,36-33+,38-35-. The van der Waals surface area contributed by atoms with Crippen LogP contribution in [0.15, 0.2) is 122 Å². The van der Waals surface area contributed by atoms with Crippen molar-refractivity contribution in [3.05, 3.63) is 122 Å². The smallest absolute Gasteiger partial charge is 0.306 e. The molecule has 0 aromatic carbocycles. The van der Waals surface area contributed by atoms with Crippen molar-refractivity contribution in [1.29, 1.82) is 0 Å². The Hall–Kier alpha value is -3.74. The Labute approximate surface area is 368 Å². The lowest BCUT2D eigenvalue weighted by molar-refractivity contribution is -0.151. The van der Waals surface area contributed by atoms with Gasteiger partial charge in [-0.1, -0.05) is 213 Å². The van der Waals surface area contributed by atoms with Gasteiger partial charge in [-0.25, -0.2) is 0 Å². The summed E-state index contributed by atoms with van der Waals surface area (Å²) in [4.78, 5) is 26.0. The zero-order chi connectivity index (χ0) is 43.8. The zero-order valence-electron chi connectivity index (χ0n) is 38.3. The van der Waals surface area contributed by atoms with Gasteiger partial charge in [0, 0.05) is 6.42 Å². The molecule has 0 heterocycles. The maximum atomic E-state index is 13.1. The van der Waals surface area contributed by atoms with Crippen molar-refractivity contribution in [2.45, 2.75) is 200 Å². The van der Waals surface area contributed by atoms with Crippen molar-refractivity contribution >= 4 is 11.9 Å². The fourth-order valence-corrected chi connectivity index (χ4v) is 6.37. The van der Waals surface area contributed by atoms with E-state index >= 15 is 0 Å². The first-order valence-corrected chi connectivity index (χ1v) is 23.8. The Balaban J connectivity index is 4.83. The van der Waals surface area contributed by atoms with Gasteiger partial charge in [0.2, 0.25) is 5.91 Å². The first-order valence-electron chi connectivity index (χ1n) is 23.8. The second-order valence-electron chi connectivity index (χ2n) is 15.5. The topological polar surface area (TPSA) is 95.9 Å². The second kappa shape index (κ2) is 46.3. The summed E-state index contributed by atoms with van der Waals surface area (Å²) in [6, 6.07) is -0.743. The van der Waals surface area contributed by atoms with Gasteiger partial charge < -0.3 is 20.3 Å². The first-order chi connectivity index (χ1) is 29.5. The Bertz CT molecular complexity index is 1300. The number of esters is 1. The van der Waals surface area contributed by atoms with E-state index in [1.54, 1.807) is 0 Å². The Kier molecular flexibility index (Phi) is 43.4. The van der Waals surface area contributed by atoms with Crippen LogP contribution < -0.4 is 5.32 Å². The summed E-state index contributed by atoms with van der Waals surface area (Å²) in [5, 5.41) is 23.6. The number of carbonyl (C=O) groups excluding carboxylic acids is 2. The summed E-state index contributed by atoms with van der Waals surface area (Å²) in [5.74, 6) is -0.631. The third kappa shape index (κ3) is 41.0. The molecule has 0 aliphatic carbocycles. The molecule has 0 spiro atoms. The van der Waals surface area contributed by atoms with Crippen molar-refractivity contribution in [2.24, 2.45) is 0 Å². The summed E-state index contributed by atoms with van der Waals surface area (Å²) >= 11 is 0. The van der Waals surface area contributed by atoms with E-state index in [1.165, 1.54) is 51.4 Å². The van der Waals surface area contributed by atoms with E-state index in [9.17, 15) is 19.8 Å². The summed E-state index contributed by atoms with van der Waals surface area (Å²) in [7, 11) is 0. The summed E-state index contributed by atoms with van der Waals surface area (Å²) in [6.45, 7) is 6.16. The van der Waals surface area contributed by atoms with Gasteiger partial charge in [0.1, 0.15) is 6.10 Å². The van der Waals surface area contributed by atoms with Crippen molar-refractivity contribution in [3.8, 4) is 0 Å². The SMILES string of the molecule is CC/C=C\C/C=C\C/C=C\C/C=C\C/C=C\CCCC(=O)OC(CCC/C=C/C=C\C=C/C=C/C=C/CC)CC(=O)NC(CO)C(O)CCCCCCCCCCCCC. The fraction of sp³-hybridized carbons (Fsp3) is 0.593. The molecule has 3 unspecified atom stereocenters. The number of rotatable bonds is 40. The number of amides is 1. The van der Waals surface area contributed by atoms with Crippen molar-refractivity contribution in [3.63, 3.8) is 0 Å². The number of aliphatic hydroxyl groups excluding tert-OH is 2. The number of aliphatic hydroxyl groups is 2. The monoisotopic (exact) mass is 830 g/mol. The van der Waals surface area contributed by atoms with E-state index in [-0.39, 0.29) is 31.3 Å². The number of nitrogens with one attached hydrogen (secondary N) is 1. The molecule has 0 aromatic rings. The minimum absolute atomic E-state index is 0.00243. The maximum absolute atomic E-state index is 13.1. The van der Waals surface area contributed by atoms with Gasteiger partial charge in [-0.15, -0.1) is 0 Å². The quantitative estimate of drug-likeness (QED) is 0.0247. The molecule has 3 atom stereocenters. The molecule has 0 bridgehead atoms. The molecule has 0 saturated heterocycles. The largest absolute Gasteiger partial charge is 0.462 e. The Morgan fingerprint density at radius 2 is 0.983 bits per heavy atom. The molecule has 0 aromatic heterocycles. The van der Waals surface area contributed by atoms with Gasteiger partial charge in [0.25, 0.3) is 0 Å². The second-order valence-corrected chi connectivity index (χ2v) is 15.5. The van der Waals surface area contributed by atoms with Crippen molar-refractivity contribution < 1.29 is 24.5 Å². The van der Waals surface area contributed by atoms with E-state index in [4.69, 9.17) is 4.74 Å². The molecular formula is C54H87NO5. The van der Waals surface area contributed by atoms with Crippen LogP contribution in [0.4, 0.5) is 0 Å². The van der Waals surface area contributed by atoms with Gasteiger partial charge >= 0.3 is 5.97 Å². The van der Waals surface area contributed by atoms with Gasteiger partial charge in [-0.3, -0.25) is 9.59 Å². The van der Waals surface area contributed by atoms with E-state index < -0.39 is 18.2 Å². The molecule has 0 fully saturated rings. The summed E-state index contributed by atoms with van der Waals surface area (Å²) in [5.41, 5.74) is 0. The number of ether oxygens (including phenoxy) is 1. The number of hydrogen-bond donors (Lipinski definition) is 3. The number of carbonyl (C=O) groups is 2. The maximum Gasteiger partial charge on any atom is 0.306 e. The van der Waals surface area contributed by atoms with Crippen LogP contribution in [0.3, 0.4) is 0 Å². The van der Waals surface area contributed by atoms with Crippen LogP contribution in [0.5, 0.6) is 0 Å². The highest BCUT2D eigenvalue weighted by molar-refractivity contribution is 5.77. The predicted molar refractivity (Wildman–Crippen MR) is 259 cm³/mol. The minimum atomic E-state index is -0.823. The molecule has 6 nitrogen and oxygen atoms in total. The molecule has 0 aliphatic rings. The zero-order valence-corrected chi connectivity index (χ0v) is 38.3. The molecule has 60 heavy (non-hydrogen) atoms. The molecule has 3 N–H and O–H groups in total. The number of unbranched alkanes of at least 4 members (excludes halogenated alkanes) is 12. The molecule has 0 radical (unpaired) electrons. The highest BCUT2D eigenvalue weighted by Gasteiger charge is 2.23. The molecule has 0 saturated carbocycles.